The zero-order valence-corrected chi connectivity index (χ0v) is 10.8. The predicted molar refractivity (Wildman–Crippen MR) is 70.2 cm³/mol. The Bertz CT molecular complexity index is 345. The zero-order valence-electron chi connectivity index (χ0n) is 9.95. The van der Waals surface area contributed by atoms with Gasteiger partial charge in [-0.3, -0.25) is 4.79 Å². The normalized spacial score (nSPS) is 39.6. The number of fused-ring (bicyclic) bond motifs is 1. The quantitative estimate of drug-likeness (QED) is 0.736. The van der Waals surface area contributed by atoms with Crippen molar-refractivity contribution in [3.8, 4) is 0 Å². The van der Waals surface area contributed by atoms with E-state index in [0.29, 0.717) is 6.04 Å². The van der Waals surface area contributed by atoms with E-state index < -0.39 is 0 Å². The molecule has 2 N–H and O–H groups in total. The van der Waals surface area contributed by atoms with Gasteiger partial charge < -0.3 is 10.6 Å². The van der Waals surface area contributed by atoms with Gasteiger partial charge in [-0.15, -0.1) is 0 Å². The topological polar surface area (TPSA) is 53.5 Å². The van der Waals surface area contributed by atoms with Gasteiger partial charge in [0.25, 0.3) is 0 Å². The smallest absolute Gasteiger partial charge is 0.244 e. The van der Waals surface area contributed by atoms with Crippen molar-refractivity contribution in [2.75, 3.05) is 12.3 Å². The van der Waals surface area contributed by atoms with Crippen molar-refractivity contribution in [1.82, 2.24) is 10.6 Å². The number of hydrogen-bond donors (Lipinski definition) is 2. The second-order valence-electron chi connectivity index (χ2n) is 5.14. The molecule has 2 heterocycles. The number of thioether (sulfide) groups is 1. The van der Waals surface area contributed by atoms with Crippen molar-refractivity contribution >= 4 is 22.8 Å². The van der Waals surface area contributed by atoms with Crippen LogP contribution in [0.4, 0.5) is 0 Å². The van der Waals surface area contributed by atoms with Crippen molar-refractivity contribution in [3.63, 3.8) is 0 Å². The number of amides is 1. The van der Waals surface area contributed by atoms with E-state index >= 15 is 0 Å². The minimum Gasteiger partial charge on any atom is -0.362 e. The summed E-state index contributed by atoms with van der Waals surface area (Å²) in [5, 5.41) is 7.40. The monoisotopic (exact) mass is 253 g/mol. The van der Waals surface area contributed by atoms with Crippen molar-refractivity contribution < 1.29 is 4.79 Å². The van der Waals surface area contributed by atoms with Gasteiger partial charge in [-0.25, -0.2) is 4.99 Å². The summed E-state index contributed by atoms with van der Waals surface area (Å²) in [5.74, 6) is 2.09. The molecule has 0 aromatic carbocycles. The van der Waals surface area contributed by atoms with Gasteiger partial charge in [0.2, 0.25) is 5.91 Å². The summed E-state index contributed by atoms with van der Waals surface area (Å²) in [6, 6.07) is 0.457. The van der Waals surface area contributed by atoms with Gasteiger partial charge in [0.15, 0.2) is 5.17 Å². The highest BCUT2D eigenvalue weighted by atomic mass is 32.2. The molecule has 0 radical (unpaired) electrons. The minimum atomic E-state index is -0.156. The van der Waals surface area contributed by atoms with Crippen LogP contribution in [0.3, 0.4) is 0 Å². The molecule has 3 atom stereocenters. The van der Waals surface area contributed by atoms with Gasteiger partial charge in [-0.2, -0.15) is 0 Å². The lowest BCUT2D eigenvalue weighted by molar-refractivity contribution is -0.123. The van der Waals surface area contributed by atoms with E-state index in [4.69, 9.17) is 0 Å². The first-order valence-electron chi connectivity index (χ1n) is 6.58. The fourth-order valence-corrected chi connectivity index (χ4v) is 4.12. The Morgan fingerprint density at radius 2 is 2.18 bits per heavy atom. The fourth-order valence-electron chi connectivity index (χ4n) is 2.91. The van der Waals surface area contributed by atoms with Crippen LogP contribution in [0.1, 0.15) is 32.1 Å². The number of carbonyl (C=O) groups is 1. The van der Waals surface area contributed by atoms with Gasteiger partial charge in [-0.05, 0) is 31.6 Å². The van der Waals surface area contributed by atoms with Gasteiger partial charge in [-0.1, -0.05) is 18.2 Å². The van der Waals surface area contributed by atoms with E-state index in [1.807, 2.05) is 0 Å². The van der Waals surface area contributed by atoms with Crippen molar-refractivity contribution in [2.45, 2.75) is 44.2 Å². The van der Waals surface area contributed by atoms with E-state index in [2.05, 4.69) is 15.6 Å². The summed E-state index contributed by atoms with van der Waals surface area (Å²) in [6.07, 6.45) is 5.89. The van der Waals surface area contributed by atoms with Crippen LogP contribution < -0.4 is 10.6 Å². The van der Waals surface area contributed by atoms with E-state index in [0.717, 1.165) is 30.5 Å². The van der Waals surface area contributed by atoms with E-state index in [1.54, 1.807) is 11.8 Å². The van der Waals surface area contributed by atoms with Crippen molar-refractivity contribution in [1.29, 1.82) is 0 Å². The SMILES string of the molecule is O=C1NCCCC1N=C1NC2CCCC2CS1. The average Bonchev–Trinajstić information content (AvgIpc) is 2.79. The lowest BCUT2D eigenvalue weighted by Gasteiger charge is -2.29. The summed E-state index contributed by atoms with van der Waals surface area (Å²) in [6.45, 7) is 0.811. The third-order valence-corrected chi connectivity index (χ3v) is 5.02. The summed E-state index contributed by atoms with van der Waals surface area (Å²) >= 11 is 1.79. The van der Waals surface area contributed by atoms with Crippen LogP contribution in [-0.2, 0) is 4.79 Å². The number of aliphatic imine (C=N–C) groups is 1. The summed E-state index contributed by atoms with van der Waals surface area (Å²) < 4.78 is 0. The number of amidine groups is 1. The molecule has 1 amide bonds. The lowest BCUT2D eigenvalue weighted by Crippen LogP contribution is -2.44. The Hall–Kier alpha value is -0.710. The molecule has 1 saturated carbocycles. The Labute approximate surface area is 106 Å². The van der Waals surface area contributed by atoms with Crippen LogP contribution in [-0.4, -0.2) is 35.5 Å². The van der Waals surface area contributed by atoms with Gasteiger partial charge in [0.1, 0.15) is 6.04 Å². The number of carbonyl (C=O) groups excluding carboxylic acids is 1. The Kier molecular flexibility index (Phi) is 3.27. The average molecular weight is 253 g/mol. The fraction of sp³-hybridized carbons (Fsp3) is 0.833. The largest absolute Gasteiger partial charge is 0.362 e. The number of hydrogen-bond acceptors (Lipinski definition) is 3. The molecule has 2 saturated heterocycles. The van der Waals surface area contributed by atoms with Crippen molar-refractivity contribution in [2.24, 2.45) is 10.9 Å². The summed E-state index contributed by atoms with van der Waals surface area (Å²) in [5.41, 5.74) is 0. The molecule has 17 heavy (non-hydrogen) atoms. The van der Waals surface area contributed by atoms with Crippen LogP contribution in [0.25, 0.3) is 0 Å². The molecule has 0 aromatic heterocycles. The standard InChI is InChI=1S/C12H19N3OS/c16-11-10(5-2-6-13-11)15-12-14-9-4-1-3-8(9)7-17-12/h8-10H,1-7H2,(H,13,16)(H,14,15). The molecule has 3 unspecified atom stereocenters. The molecule has 3 rings (SSSR count). The third-order valence-electron chi connectivity index (χ3n) is 3.93. The maximum absolute atomic E-state index is 11.6. The number of nitrogens with zero attached hydrogens (tertiary/aromatic N) is 1. The molecular formula is C12H19N3OS. The summed E-state index contributed by atoms with van der Waals surface area (Å²) in [4.78, 5) is 16.2. The molecule has 0 aromatic rings. The molecule has 94 valence electrons. The predicted octanol–water partition coefficient (Wildman–Crippen LogP) is 1.13. The third kappa shape index (κ3) is 2.44. The zero-order chi connectivity index (χ0) is 11.7. The number of rotatable bonds is 1. The molecule has 3 fully saturated rings. The van der Waals surface area contributed by atoms with Gasteiger partial charge >= 0.3 is 0 Å². The van der Waals surface area contributed by atoms with Crippen LogP contribution in [0, 0.1) is 5.92 Å². The second-order valence-corrected chi connectivity index (χ2v) is 6.14. The highest BCUT2D eigenvalue weighted by Gasteiger charge is 2.33. The first-order valence-corrected chi connectivity index (χ1v) is 7.56. The maximum Gasteiger partial charge on any atom is 0.244 e. The number of piperidine rings is 1. The second kappa shape index (κ2) is 4.88. The van der Waals surface area contributed by atoms with Crippen LogP contribution >= 0.6 is 11.8 Å². The molecule has 3 aliphatic rings. The Morgan fingerprint density at radius 3 is 3.06 bits per heavy atom. The van der Waals surface area contributed by atoms with E-state index in [-0.39, 0.29) is 11.9 Å². The van der Waals surface area contributed by atoms with E-state index in [1.165, 1.54) is 25.0 Å². The van der Waals surface area contributed by atoms with Crippen LogP contribution in [0.15, 0.2) is 4.99 Å². The highest BCUT2D eigenvalue weighted by Crippen LogP contribution is 2.33. The molecule has 0 spiro atoms. The first-order chi connectivity index (χ1) is 8.33. The minimum absolute atomic E-state index is 0.0969. The molecule has 4 nitrogen and oxygen atoms in total. The molecule has 5 heteroatoms. The number of nitrogens with one attached hydrogen (secondary N) is 2. The Balaban J connectivity index is 1.65. The molecular weight excluding hydrogens is 234 g/mol. The molecule has 1 aliphatic carbocycles. The van der Waals surface area contributed by atoms with Crippen molar-refractivity contribution in [3.05, 3.63) is 0 Å². The summed E-state index contributed by atoms with van der Waals surface area (Å²) in [7, 11) is 0. The lowest BCUT2D eigenvalue weighted by atomic mass is 10.1. The highest BCUT2D eigenvalue weighted by molar-refractivity contribution is 8.13. The van der Waals surface area contributed by atoms with Gasteiger partial charge in [0.05, 0.1) is 0 Å². The Morgan fingerprint density at radius 1 is 1.24 bits per heavy atom. The van der Waals surface area contributed by atoms with Gasteiger partial charge in [0, 0.05) is 18.3 Å². The molecule has 2 aliphatic heterocycles. The van der Waals surface area contributed by atoms with Crippen LogP contribution in [0.2, 0.25) is 0 Å². The van der Waals surface area contributed by atoms with E-state index in [9.17, 15) is 4.79 Å². The molecule has 0 bridgehead atoms. The maximum atomic E-state index is 11.6. The first kappa shape index (κ1) is 11.4. The van der Waals surface area contributed by atoms with Crippen LogP contribution in [0.5, 0.6) is 0 Å².